The van der Waals surface area contributed by atoms with Crippen LogP contribution in [0.3, 0.4) is 0 Å². The molecule has 4 heterocycles. The molecule has 0 aliphatic carbocycles. The minimum absolute atomic E-state index is 0. The predicted octanol–water partition coefficient (Wildman–Crippen LogP) is -5.73. The fraction of sp³-hybridized carbons (Fsp3) is 0.571. The Labute approximate surface area is 192 Å². The van der Waals surface area contributed by atoms with E-state index < -0.39 is 56.6 Å². The van der Waals surface area contributed by atoms with E-state index in [1.165, 1.54) is 0 Å². The average Bonchev–Trinajstić information content (AvgIpc) is 3.13. The van der Waals surface area contributed by atoms with Gasteiger partial charge in [-0.15, -0.1) is 0 Å². The number of carboxylic acids is 2. The summed E-state index contributed by atoms with van der Waals surface area (Å²) >= 11 is 0. The quantitative estimate of drug-likeness (QED) is 0.197. The van der Waals surface area contributed by atoms with E-state index in [-0.39, 0.29) is 59.1 Å². The van der Waals surface area contributed by atoms with Crippen LogP contribution in [0.5, 0.6) is 0 Å². The molecule has 132 valence electrons. The molecule has 10 nitrogen and oxygen atoms in total. The van der Waals surface area contributed by atoms with E-state index in [4.69, 9.17) is 0 Å². The Balaban J connectivity index is 0.000000241. The number of rotatable bonds is 2. The van der Waals surface area contributed by atoms with Crippen LogP contribution < -0.4 is 10.2 Å². The van der Waals surface area contributed by atoms with Gasteiger partial charge >= 0.3 is 82.7 Å². The Morgan fingerprint density at radius 3 is 1.12 bits per heavy atom. The van der Waals surface area contributed by atoms with E-state index in [0.29, 0.717) is 38.8 Å². The molecule has 0 radical (unpaired) electrons. The number of carbonyl (C=O) groups excluding carboxylic acids is 6. The third kappa shape index (κ3) is 3.16. The van der Waals surface area contributed by atoms with Gasteiger partial charge in [-0.05, 0) is 0 Å². The Morgan fingerprint density at radius 1 is 0.692 bits per heavy atom. The first-order valence-electron chi connectivity index (χ1n) is 7.57. The van der Waals surface area contributed by atoms with Crippen LogP contribution in [0.15, 0.2) is 0 Å². The molecule has 0 aromatic carbocycles. The van der Waals surface area contributed by atoms with Crippen molar-refractivity contribution in [2.45, 2.75) is 37.8 Å². The first-order chi connectivity index (χ1) is 11.2. The second kappa shape index (κ2) is 7.88. The molecule has 4 aliphatic heterocycles. The van der Waals surface area contributed by atoms with E-state index >= 15 is 0 Å². The van der Waals surface area contributed by atoms with Crippen LogP contribution in [0, 0.1) is 0 Å². The van der Waals surface area contributed by atoms with Gasteiger partial charge in [0.15, 0.2) is 0 Å². The van der Waals surface area contributed by atoms with Crippen molar-refractivity contribution in [3.05, 3.63) is 0 Å². The summed E-state index contributed by atoms with van der Waals surface area (Å²) in [7, 11) is 0. The van der Waals surface area contributed by atoms with E-state index in [1.54, 1.807) is 0 Å². The summed E-state index contributed by atoms with van der Waals surface area (Å²) in [5.41, 5.74) is 0. The first kappa shape index (κ1) is 23.6. The van der Waals surface area contributed by atoms with Crippen LogP contribution in [0.4, 0.5) is 0 Å². The fourth-order valence-electron chi connectivity index (χ4n) is 3.88. The summed E-state index contributed by atoms with van der Waals surface area (Å²) in [4.78, 5) is 64.6. The van der Waals surface area contributed by atoms with Crippen LogP contribution in [-0.2, 0) is 28.8 Å². The minimum atomic E-state index is -1.29. The van der Waals surface area contributed by atoms with Gasteiger partial charge in [-0.1, -0.05) is 0 Å². The number of nitrogens with zero attached hydrogens (tertiary/aromatic N) is 2. The molecule has 0 aromatic rings. The molecule has 0 aromatic heterocycles. The molecule has 12 heteroatoms. The van der Waals surface area contributed by atoms with Gasteiger partial charge in [-0.2, -0.15) is 8.97 Å². The third-order valence-corrected chi connectivity index (χ3v) is 5.30. The van der Waals surface area contributed by atoms with Crippen molar-refractivity contribution in [1.82, 2.24) is 0 Å². The second-order valence-electron chi connectivity index (χ2n) is 6.36. The number of hydrogen-bond donors (Lipinski definition) is 0. The van der Waals surface area contributed by atoms with Crippen molar-refractivity contribution in [3.8, 4) is 0 Å². The molecule has 0 N–H and O–H groups in total. The number of carboxylic acid groups (broad SMARTS) is 2. The molecule has 4 rings (SSSR count). The molecular formula is C14H16N2Na2O8. The van der Waals surface area contributed by atoms with Crippen molar-refractivity contribution in [1.29, 1.82) is 0 Å². The normalized spacial score (nSPS) is 28.8. The Bertz CT molecular complexity index is 634. The van der Waals surface area contributed by atoms with Gasteiger partial charge in [0.25, 0.3) is 0 Å². The third-order valence-electron chi connectivity index (χ3n) is 5.30. The molecule has 26 heavy (non-hydrogen) atoms. The van der Waals surface area contributed by atoms with Crippen LogP contribution in [0.2, 0.25) is 0 Å². The van der Waals surface area contributed by atoms with Crippen molar-refractivity contribution in [3.63, 3.8) is 0 Å². The van der Waals surface area contributed by atoms with Gasteiger partial charge in [-0.25, -0.2) is 19.2 Å². The number of aliphatic carboxylic acids is 2. The van der Waals surface area contributed by atoms with Crippen LogP contribution in [-0.4, -0.2) is 129 Å². The van der Waals surface area contributed by atoms with Crippen molar-refractivity contribution in [2.75, 3.05) is 13.1 Å². The molecule has 2 spiro atoms. The number of amides is 4. The Hall–Kier alpha value is -0.460. The maximum atomic E-state index is 10.9. The van der Waals surface area contributed by atoms with Gasteiger partial charge < -0.3 is 19.8 Å². The monoisotopic (exact) mass is 386 g/mol. The molecule has 4 aliphatic rings. The van der Waals surface area contributed by atoms with E-state index in [9.17, 15) is 39.0 Å². The SMILES string of the molecule is O=C([O-])[C@@H]1CCC[N+]12C(=O)C2=O.O=C([O-])[C@@H]1CCC[N+]12C(=O)C2=O.[NaH].[NaH]. The molecule has 0 unspecified atom stereocenters. The van der Waals surface area contributed by atoms with Gasteiger partial charge in [0.2, 0.25) is 0 Å². The van der Waals surface area contributed by atoms with Crippen molar-refractivity contribution < 1.29 is 47.9 Å². The Morgan fingerprint density at radius 2 is 0.962 bits per heavy atom. The first-order valence-corrected chi connectivity index (χ1v) is 7.57. The molecule has 2 atom stereocenters. The zero-order valence-electron chi connectivity index (χ0n) is 12.6. The molecular weight excluding hydrogens is 370 g/mol. The van der Waals surface area contributed by atoms with E-state index in [1.807, 2.05) is 0 Å². The van der Waals surface area contributed by atoms with Gasteiger partial charge in [0.05, 0.1) is 13.1 Å². The average molecular weight is 386 g/mol. The van der Waals surface area contributed by atoms with E-state index in [2.05, 4.69) is 0 Å². The second-order valence-corrected chi connectivity index (χ2v) is 6.36. The standard InChI is InChI=1S/2C7H7NO4.2Na.2H/c2*9-5-6(10)8(5)3-1-2-4(8)7(11)12;;;;/h2*4H,1-3H2;;;;/t2*4-;;;;/m00..../s1. The Kier molecular flexibility index (Phi) is 7.15. The topological polar surface area (TPSA) is 149 Å². The zero-order chi connectivity index (χ0) is 17.9. The summed E-state index contributed by atoms with van der Waals surface area (Å²) in [6.07, 6.45) is 1.96. The molecule has 0 saturated carbocycles. The van der Waals surface area contributed by atoms with E-state index in [0.717, 1.165) is 0 Å². The summed E-state index contributed by atoms with van der Waals surface area (Å²) in [6, 6.07) is -1.82. The summed E-state index contributed by atoms with van der Waals surface area (Å²) in [6.45, 7) is 0.687. The molecule has 4 fully saturated rings. The summed E-state index contributed by atoms with van der Waals surface area (Å²) < 4.78 is -0.940. The number of imide groups is 2. The van der Waals surface area contributed by atoms with Crippen LogP contribution in [0.1, 0.15) is 25.7 Å². The zero-order valence-corrected chi connectivity index (χ0v) is 12.6. The molecule has 0 bridgehead atoms. The molecule has 4 amide bonds. The van der Waals surface area contributed by atoms with Crippen molar-refractivity contribution in [2.24, 2.45) is 0 Å². The number of quaternary nitrogens is 2. The van der Waals surface area contributed by atoms with Crippen LogP contribution in [0.25, 0.3) is 0 Å². The molecule has 4 saturated heterocycles. The summed E-state index contributed by atoms with van der Waals surface area (Å²) in [5, 5.41) is 21.0. The van der Waals surface area contributed by atoms with Gasteiger partial charge in [0.1, 0.15) is 24.0 Å². The predicted molar refractivity (Wildman–Crippen MR) is 80.6 cm³/mol. The van der Waals surface area contributed by atoms with Crippen LogP contribution >= 0.6 is 0 Å². The maximum absolute atomic E-state index is 10.9. The van der Waals surface area contributed by atoms with Gasteiger partial charge in [0, 0.05) is 25.7 Å². The number of hydrogen-bond acceptors (Lipinski definition) is 8. The number of carbonyl (C=O) groups is 6. The van der Waals surface area contributed by atoms with Gasteiger partial charge in [-0.3, -0.25) is 0 Å². The fourth-order valence-corrected chi connectivity index (χ4v) is 3.88. The summed E-state index contributed by atoms with van der Waals surface area (Å²) in [5.74, 6) is -4.84. The van der Waals surface area contributed by atoms with Crippen molar-refractivity contribution >= 4 is 94.7 Å².